The Morgan fingerprint density at radius 2 is 2.12 bits per heavy atom. The smallest absolute Gasteiger partial charge is 0.192 e. The molecule has 2 aliphatic rings. The summed E-state index contributed by atoms with van der Waals surface area (Å²) in [4.78, 5) is 0. The van der Waals surface area contributed by atoms with Crippen molar-refractivity contribution in [3.8, 4) is 0 Å². The Morgan fingerprint density at radius 1 is 1.41 bits per heavy atom. The third-order valence-electron chi connectivity index (χ3n) is 3.63. The van der Waals surface area contributed by atoms with Gasteiger partial charge in [-0.25, -0.2) is 0 Å². The van der Waals surface area contributed by atoms with Gasteiger partial charge in [-0.1, -0.05) is 24.3 Å². The summed E-state index contributed by atoms with van der Waals surface area (Å²) in [6.07, 6.45) is 6.80. The molecule has 2 heteroatoms. The molecule has 17 heavy (non-hydrogen) atoms. The molecule has 0 bridgehead atoms. The molecule has 2 rings (SSSR count). The van der Waals surface area contributed by atoms with Crippen molar-refractivity contribution in [1.29, 1.82) is 0 Å². The summed E-state index contributed by atoms with van der Waals surface area (Å²) in [6, 6.07) is 0. The van der Waals surface area contributed by atoms with Crippen LogP contribution in [0.2, 0.25) is 0 Å². The van der Waals surface area contributed by atoms with E-state index < -0.39 is 5.79 Å². The highest BCUT2D eigenvalue weighted by Gasteiger charge is 2.52. The quantitative estimate of drug-likeness (QED) is 0.677. The predicted octanol–water partition coefficient (Wildman–Crippen LogP) is 3.75. The number of allylic oxidation sites excluding steroid dienone is 1. The van der Waals surface area contributed by atoms with Crippen LogP contribution in [0.25, 0.3) is 0 Å². The number of rotatable bonds is 2. The molecular weight excluding hydrogens is 212 g/mol. The van der Waals surface area contributed by atoms with E-state index in [1.165, 1.54) is 5.57 Å². The Labute approximate surface area is 104 Å². The first kappa shape index (κ1) is 12.6. The van der Waals surface area contributed by atoms with Gasteiger partial charge in [0.25, 0.3) is 0 Å². The molecule has 0 N–H and O–H groups in total. The third kappa shape index (κ3) is 2.24. The minimum absolute atomic E-state index is 0.111. The molecule has 94 valence electrons. The molecule has 2 fully saturated rings. The Morgan fingerprint density at radius 3 is 2.65 bits per heavy atom. The molecule has 2 saturated heterocycles. The molecule has 2 aliphatic heterocycles. The van der Waals surface area contributed by atoms with Gasteiger partial charge >= 0.3 is 0 Å². The Hall–Kier alpha value is -0.860. The maximum absolute atomic E-state index is 6.10. The molecule has 1 spiro atoms. The molecule has 0 unspecified atom stereocenters. The van der Waals surface area contributed by atoms with Crippen molar-refractivity contribution in [2.24, 2.45) is 0 Å². The average Bonchev–Trinajstić information content (AvgIpc) is 2.70. The number of hydrogen-bond acceptors (Lipinski definition) is 2. The van der Waals surface area contributed by atoms with Crippen LogP contribution in [0, 0.1) is 0 Å². The van der Waals surface area contributed by atoms with Crippen molar-refractivity contribution in [2.75, 3.05) is 0 Å². The zero-order chi connectivity index (χ0) is 12.7. The minimum Gasteiger partial charge on any atom is -0.338 e. The normalized spacial score (nSPS) is 40.9. The molecule has 0 aromatic heterocycles. The van der Waals surface area contributed by atoms with E-state index in [1.54, 1.807) is 0 Å². The van der Waals surface area contributed by atoms with Crippen molar-refractivity contribution in [1.82, 2.24) is 0 Å². The topological polar surface area (TPSA) is 18.5 Å². The van der Waals surface area contributed by atoms with E-state index in [0.717, 1.165) is 24.8 Å². The molecule has 0 aromatic rings. The van der Waals surface area contributed by atoms with Crippen LogP contribution in [0.15, 0.2) is 36.5 Å². The monoisotopic (exact) mass is 234 g/mol. The van der Waals surface area contributed by atoms with Crippen molar-refractivity contribution in [3.05, 3.63) is 36.5 Å². The summed E-state index contributed by atoms with van der Waals surface area (Å²) >= 11 is 0. The Bertz CT molecular complexity index is 378. The SMILES string of the molecule is C=C[C@@]1(C)CC[C@@]2(O[C@H](C=C(C)C)CC2=C)O1. The Kier molecular flexibility index (Phi) is 3.04. The summed E-state index contributed by atoms with van der Waals surface area (Å²) in [7, 11) is 0. The first-order chi connectivity index (χ1) is 7.89. The van der Waals surface area contributed by atoms with Crippen molar-refractivity contribution < 1.29 is 9.47 Å². The van der Waals surface area contributed by atoms with E-state index in [-0.39, 0.29) is 11.7 Å². The van der Waals surface area contributed by atoms with Gasteiger partial charge in [-0.05, 0) is 32.8 Å². The number of hydrogen-bond donors (Lipinski definition) is 0. The molecule has 0 aromatic carbocycles. The second-order valence-corrected chi connectivity index (χ2v) is 5.58. The molecule has 0 amide bonds. The first-order valence-electron chi connectivity index (χ1n) is 6.24. The van der Waals surface area contributed by atoms with Crippen molar-refractivity contribution >= 4 is 0 Å². The minimum atomic E-state index is -0.570. The van der Waals surface area contributed by atoms with E-state index >= 15 is 0 Å². The lowest BCUT2D eigenvalue weighted by atomic mass is 9.99. The molecular formula is C15H22O2. The summed E-state index contributed by atoms with van der Waals surface area (Å²) in [6.45, 7) is 14.2. The second-order valence-electron chi connectivity index (χ2n) is 5.58. The lowest BCUT2D eigenvalue weighted by Gasteiger charge is -2.28. The van der Waals surface area contributed by atoms with Crippen molar-refractivity contribution in [3.63, 3.8) is 0 Å². The van der Waals surface area contributed by atoms with Gasteiger partial charge in [0.2, 0.25) is 0 Å². The maximum atomic E-state index is 6.10. The van der Waals surface area contributed by atoms with E-state index in [2.05, 4.69) is 40.0 Å². The average molecular weight is 234 g/mol. The summed E-state index contributed by atoms with van der Waals surface area (Å²) in [5.74, 6) is -0.570. The van der Waals surface area contributed by atoms with Crippen LogP contribution in [0.5, 0.6) is 0 Å². The van der Waals surface area contributed by atoms with Gasteiger partial charge in [-0.15, -0.1) is 6.58 Å². The fourth-order valence-electron chi connectivity index (χ4n) is 2.60. The van der Waals surface area contributed by atoms with Crippen LogP contribution in [-0.4, -0.2) is 17.5 Å². The molecule has 2 nitrogen and oxygen atoms in total. The zero-order valence-corrected chi connectivity index (χ0v) is 11.1. The van der Waals surface area contributed by atoms with E-state index in [9.17, 15) is 0 Å². The van der Waals surface area contributed by atoms with Crippen LogP contribution in [0.3, 0.4) is 0 Å². The van der Waals surface area contributed by atoms with Crippen molar-refractivity contribution in [2.45, 2.75) is 57.5 Å². The van der Waals surface area contributed by atoms with Crippen LogP contribution >= 0.6 is 0 Å². The van der Waals surface area contributed by atoms with Gasteiger partial charge in [0.15, 0.2) is 5.79 Å². The highest BCUT2D eigenvalue weighted by atomic mass is 16.7. The van der Waals surface area contributed by atoms with Gasteiger partial charge in [0.1, 0.15) is 0 Å². The Balaban J connectivity index is 2.16. The summed E-state index contributed by atoms with van der Waals surface area (Å²) < 4.78 is 12.2. The molecule has 0 radical (unpaired) electrons. The summed E-state index contributed by atoms with van der Waals surface area (Å²) in [5.41, 5.74) is 2.05. The van der Waals surface area contributed by atoms with Crippen LogP contribution < -0.4 is 0 Å². The zero-order valence-electron chi connectivity index (χ0n) is 11.1. The van der Waals surface area contributed by atoms with Crippen LogP contribution in [-0.2, 0) is 9.47 Å². The fraction of sp³-hybridized carbons (Fsp3) is 0.600. The third-order valence-corrected chi connectivity index (χ3v) is 3.63. The van der Waals surface area contributed by atoms with Crippen LogP contribution in [0.1, 0.15) is 40.0 Å². The second kappa shape index (κ2) is 4.11. The van der Waals surface area contributed by atoms with Gasteiger partial charge in [-0.2, -0.15) is 0 Å². The van der Waals surface area contributed by atoms with E-state index in [1.807, 2.05) is 6.08 Å². The molecule has 0 aliphatic carbocycles. The summed E-state index contributed by atoms with van der Waals surface area (Å²) in [5, 5.41) is 0. The van der Waals surface area contributed by atoms with Crippen LogP contribution in [0.4, 0.5) is 0 Å². The van der Waals surface area contributed by atoms with Gasteiger partial charge in [0, 0.05) is 12.8 Å². The predicted molar refractivity (Wildman–Crippen MR) is 69.7 cm³/mol. The largest absolute Gasteiger partial charge is 0.338 e. The highest BCUT2D eigenvalue weighted by Crippen LogP contribution is 2.49. The lowest BCUT2D eigenvalue weighted by Crippen LogP contribution is -2.33. The van der Waals surface area contributed by atoms with E-state index in [0.29, 0.717) is 0 Å². The van der Waals surface area contributed by atoms with Gasteiger partial charge in [0.05, 0.1) is 11.7 Å². The maximum Gasteiger partial charge on any atom is 0.192 e. The number of ether oxygens (including phenoxy) is 2. The van der Waals surface area contributed by atoms with Gasteiger partial charge in [-0.3, -0.25) is 0 Å². The van der Waals surface area contributed by atoms with Gasteiger partial charge < -0.3 is 9.47 Å². The highest BCUT2D eigenvalue weighted by molar-refractivity contribution is 5.23. The standard InChI is InChI=1S/C15H22O2/c1-6-14(5)7-8-15(17-14)12(4)10-13(16-15)9-11(2)3/h6,9,13H,1,4,7-8,10H2,2-3,5H3/t13-,14+,15-/m1/s1. The first-order valence-corrected chi connectivity index (χ1v) is 6.24. The molecule has 3 atom stereocenters. The fourth-order valence-corrected chi connectivity index (χ4v) is 2.60. The molecule has 2 heterocycles. The lowest BCUT2D eigenvalue weighted by molar-refractivity contribution is -0.204. The molecule has 0 saturated carbocycles. The van der Waals surface area contributed by atoms with E-state index in [4.69, 9.17) is 9.47 Å².